The van der Waals surface area contributed by atoms with Crippen LogP contribution in [0.3, 0.4) is 0 Å². The summed E-state index contributed by atoms with van der Waals surface area (Å²) in [5.74, 6) is 2.68. The normalized spacial score (nSPS) is 38.7. The first-order chi connectivity index (χ1) is 8.90. The monoisotopic (exact) mass is 520 g/mol. The molecule has 18 heavy (non-hydrogen) atoms. The molecule has 4 atom stereocenters. The average Bonchev–Trinajstić information content (AvgIpc) is 3.25. The second-order valence-electron chi connectivity index (χ2n) is 4.83. The Hall–Kier alpha value is 2.20. The molecular weight excluding hydrogens is 495 g/mol. The molecule has 2 nitrogen and oxygen atoms in total. The van der Waals surface area contributed by atoms with E-state index in [0.717, 1.165) is 42.9 Å². The van der Waals surface area contributed by atoms with E-state index in [1.165, 1.54) is 22.4 Å². The summed E-state index contributed by atoms with van der Waals surface area (Å²) >= 11 is 4.54. The van der Waals surface area contributed by atoms with Crippen molar-refractivity contribution in [3.63, 3.8) is 0 Å². The van der Waals surface area contributed by atoms with Crippen LogP contribution in [0.4, 0.5) is 0 Å². The summed E-state index contributed by atoms with van der Waals surface area (Å²) in [6.45, 7) is 4.23. The fourth-order valence-corrected chi connectivity index (χ4v) is 16.1. The van der Waals surface area contributed by atoms with Gasteiger partial charge in [0.15, 0.2) is 0 Å². The van der Waals surface area contributed by atoms with Crippen LogP contribution in [0.1, 0.15) is 6.42 Å². The van der Waals surface area contributed by atoms with Crippen LogP contribution in [0, 0.1) is 0 Å². The summed E-state index contributed by atoms with van der Waals surface area (Å²) in [7, 11) is 0. The van der Waals surface area contributed by atoms with Crippen molar-refractivity contribution in [2.45, 2.75) is 27.4 Å². The van der Waals surface area contributed by atoms with Gasteiger partial charge in [-0.15, -0.1) is 0 Å². The van der Waals surface area contributed by atoms with E-state index in [4.69, 9.17) is 9.47 Å². The van der Waals surface area contributed by atoms with Crippen molar-refractivity contribution in [1.82, 2.24) is 0 Å². The van der Waals surface area contributed by atoms with Gasteiger partial charge in [0.1, 0.15) is 0 Å². The first-order valence-electron chi connectivity index (χ1n) is 6.56. The number of ether oxygens (including phenoxy) is 2. The molecule has 4 unspecified atom stereocenters. The molecule has 0 saturated carbocycles. The molecule has 0 aromatic rings. The minimum atomic E-state index is 0.165. The number of hydrogen-bond donors (Lipinski definition) is 0. The van der Waals surface area contributed by atoms with Gasteiger partial charge in [0.05, 0.1) is 0 Å². The van der Waals surface area contributed by atoms with E-state index < -0.39 is 0 Å². The van der Waals surface area contributed by atoms with Gasteiger partial charge in [0, 0.05) is 0 Å². The first kappa shape index (κ1) is 15.1. The molecule has 104 valence electrons. The molecule has 3 heterocycles. The van der Waals surface area contributed by atoms with Gasteiger partial charge in [-0.1, -0.05) is 0 Å². The molecular formula is C12H20O2S2Te2. The zero-order chi connectivity index (χ0) is 12.2. The molecule has 0 amide bonds. The molecule has 0 bridgehead atoms. The predicted octanol–water partition coefficient (Wildman–Crippen LogP) is 2.02. The number of hydrogen-bond acceptors (Lipinski definition) is 4. The molecule has 0 radical (unpaired) electrons. The van der Waals surface area contributed by atoms with Crippen molar-refractivity contribution in [3.8, 4) is 0 Å². The molecule has 0 spiro atoms. The van der Waals surface area contributed by atoms with Gasteiger partial charge in [-0.3, -0.25) is 0 Å². The Labute approximate surface area is 139 Å². The summed E-state index contributed by atoms with van der Waals surface area (Å²) in [4.78, 5) is 0. The molecule has 3 saturated heterocycles. The van der Waals surface area contributed by atoms with Gasteiger partial charge in [-0.2, -0.15) is 0 Å². The molecule has 3 aliphatic heterocycles. The van der Waals surface area contributed by atoms with Crippen LogP contribution in [-0.4, -0.2) is 90.3 Å². The third-order valence-corrected chi connectivity index (χ3v) is 15.9. The fraction of sp³-hybridized carbons (Fsp3) is 1.00. The van der Waals surface area contributed by atoms with Crippen molar-refractivity contribution in [2.75, 3.05) is 37.9 Å². The van der Waals surface area contributed by atoms with Gasteiger partial charge >= 0.3 is 140 Å². The molecule has 0 N–H and O–H groups in total. The standard InChI is InChI=1S/C12H20O2S2Te2/c1-2-17-12(6-14-4-10-8-16-10)18-11(1)5-13-3-9-7-15-9/h9-12H,1-8H2. The Morgan fingerprint density at radius 2 is 1.61 bits per heavy atom. The van der Waals surface area contributed by atoms with Crippen molar-refractivity contribution < 1.29 is 9.47 Å². The van der Waals surface area contributed by atoms with Crippen molar-refractivity contribution >= 4 is 65.4 Å². The van der Waals surface area contributed by atoms with Crippen molar-refractivity contribution in [3.05, 3.63) is 0 Å². The third kappa shape index (κ3) is 5.90. The maximum atomic E-state index is 5.90. The third-order valence-electron chi connectivity index (χ3n) is 3.06. The second-order valence-corrected chi connectivity index (χ2v) is 18.4. The summed E-state index contributed by atoms with van der Waals surface area (Å²) in [6, 6.07) is 0. The molecule has 0 aliphatic carbocycles. The Bertz CT molecular complexity index is 238. The second kappa shape index (κ2) is 8.00. The van der Waals surface area contributed by atoms with E-state index in [9.17, 15) is 0 Å². The van der Waals surface area contributed by atoms with E-state index in [2.05, 4.69) is 0 Å². The van der Waals surface area contributed by atoms with Crippen LogP contribution in [-0.2, 0) is 9.47 Å². The van der Waals surface area contributed by atoms with E-state index in [-0.39, 0.29) is 41.8 Å². The van der Waals surface area contributed by atoms with E-state index >= 15 is 0 Å². The molecule has 3 rings (SSSR count). The Morgan fingerprint density at radius 3 is 2.28 bits per heavy atom. The van der Waals surface area contributed by atoms with Crippen LogP contribution in [0.25, 0.3) is 0 Å². The van der Waals surface area contributed by atoms with Crippen LogP contribution in [0.2, 0.25) is 10.4 Å². The fourth-order valence-electron chi connectivity index (χ4n) is 1.82. The van der Waals surface area contributed by atoms with E-state index in [1.54, 1.807) is 0 Å². The van der Waals surface area contributed by atoms with E-state index in [0.29, 0.717) is 0 Å². The van der Waals surface area contributed by atoms with Crippen LogP contribution in [0.5, 0.6) is 0 Å². The molecule has 3 aliphatic rings. The Balaban J connectivity index is 1.26. The van der Waals surface area contributed by atoms with Crippen LogP contribution in [0.15, 0.2) is 0 Å². The van der Waals surface area contributed by atoms with Crippen molar-refractivity contribution in [2.24, 2.45) is 0 Å². The quantitative estimate of drug-likeness (QED) is 0.364. The molecule has 0 aromatic carbocycles. The van der Waals surface area contributed by atoms with Gasteiger partial charge < -0.3 is 0 Å². The summed E-state index contributed by atoms with van der Waals surface area (Å²) < 4.78 is 15.3. The predicted molar refractivity (Wildman–Crippen MR) is 82.6 cm³/mol. The van der Waals surface area contributed by atoms with Gasteiger partial charge in [-0.25, -0.2) is 0 Å². The Morgan fingerprint density at radius 1 is 0.944 bits per heavy atom. The van der Waals surface area contributed by atoms with Crippen molar-refractivity contribution in [1.29, 1.82) is 0 Å². The SMILES string of the molecule is C1CC(COCC2CS2)[Te]C(COCC2CS2)[Te]1. The summed E-state index contributed by atoms with van der Waals surface area (Å²) in [5, 5.41) is 1.70. The minimum absolute atomic E-state index is 0.165. The molecule has 0 aromatic heterocycles. The van der Waals surface area contributed by atoms with Crippen LogP contribution < -0.4 is 0 Å². The maximum absolute atomic E-state index is 5.90. The van der Waals surface area contributed by atoms with Gasteiger partial charge in [0.2, 0.25) is 0 Å². The van der Waals surface area contributed by atoms with Gasteiger partial charge in [0.25, 0.3) is 0 Å². The zero-order valence-corrected chi connectivity index (χ0v) is 16.7. The average molecular weight is 516 g/mol. The summed E-state index contributed by atoms with van der Waals surface area (Å²) in [6.07, 6.45) is 1.48. The summed E-state index contributed by atoms with van der Waals surface area (Å²) in [5.41, 5.74) is 0. The van der Waals surface area contributed by atoms with Crippen LogP contribution >= 0.6 is 23.5 Å². The first-order valence-corrected chi connectivity index (χ1v) is 14.3. The van der Waals surface area contributed by atoms with E-state index in [1.807, 2.05) is 23.5 Å². The molecule has 3 fully saturated rings. The van der Waals surface area contributed by atoms with Gasteiger partial charge in [-0.05, 0) is 0 Å². The topological polar surface area (TPSA) is 18.5 Å². The number of thioether (sulfide) groups is 2. The Kier molecular flexibility index (Phi) is 6.71. The zero-order valence-electron chi connectivity index (χ0n) is 10.4. The number of rotatable bonds is 8. The molecule has 6 heteroatoms.